The molecule has 2 aromatic rings. The summed E-state index contributed by atoms with van der Waals surface area (Å²) in [7, 11) is 0. The Bertz CT molecular complexity index is 675. The molecule has 1 aliphatic carbocycles. The highest BCUT2D eigenvalue weighted by atomic mass is 35.5. The first kappa shape index (κ1) is 14.2. The predicted molar refractivity (Wildman–Crippen MR) is 82.5 cm³/mol. The number of carbonyl (C=O) groups excluding carboxylic acids is 1. The van der Waals surface area contributed by atoms with Gasteiger partial charge in [-0.3, -0.25) is 4.79 Å². The van der Waals surface area contributed by atoms with Crippen LogP contribution in [0.3, 0.4) is 0 Å². The van der Waals surface area contributed by atoms with Gasteiger partial charge < -0.3 is 9.73 Å². The molecule has 0 saturated heterocycles. The van der Waals surface area contributed by atoms with Crippen LogP contribution in [0.1, 0.15) is 48.0 Å². The molecule has 4 heteroatoms. The first-order valence-corrected chi connectivity index (χ1v) is 7.45. The van der Waals surface area contributed by atoms with Gasteiger partial charge >= 0.3 is 0 Å². The number of hydrogen-bond acceptors (Lipinski definition) is 2. The number of hydrogen-bond donors (Lipinski definition) is 1. The SMILES string of the molecule is CC1(C)Cc2occc2C(NC(=O)c2cccc(Cl)c2)C1. The van der Waals surface area contributed by atoms with Crippen molar-refractivity contribution in [2.75, 3.05) is 0 Å². The molecule has 1 aromatic heterocycles. The van der Waals surface area contributed by atoms with Crippen LogP contribution in [-0.4, -0.2) is 5.91 Å². The summed E-state index contributed by atoms with van der Waals surface area (Å²) in [5.74, 6) is 0.870. The van der Waals surface area contributed by atoms with Crippen molar-refractivity contribution in [2.24, 2.45) is 5.41 Å². The minimum absolute atomic E-state index is 0.0195. The molecule has 1 heterocycles. The highest BCUT2D eigenvalue weighted by Gasteiger charge is 2.35. The highest BCUT2D eigenvalue weighted by Crippen LogP contribution is 2.41. The van der Waals surface area contributed by atoms with Gasteiger partial charge in [0, 0.05) is 22.6 Å². The van der Waals surface area contributed by atoms with E-state index in [0.717, 1.165) is 24.2 Å². The van der Waals surface area contributed by atoms with Gasteiger partial charge in [-0.05, 0) is 36.1 Å². The maximum absolute atomic E-state index is 12.4. The fraction of sp³-hybridized carbons (Fsp3) is 0.353. The van der Waals surface area contributed by atoms with Gasteiger partial charge in [-0.25, -0.2) is 0 Å². The van der Waals surface area contributed by atoms with E-state index in [9.17, 15) is 4.79 Å². The average Bonchev–Trinajstić information content (AvgIpc) is 2.85. The van der Waals surface area contributed by atoms with Gasteiger partial charge in [-0.15, -0.1) is 0 Å². The lowest BCUT2D eigenvalue weighted by Crippen LogP contribution is -2.36. The van der Waals surface area contributed by atoms with Crippen molar-refractivity contribution >= 4 is 17.5 Å². The van der Waals surface area contributed by atoms with Crippen molar-refractivity contribution in [2.45, 2.75) is 32.7 Å². The lowest BCUT2D eigenvalue weighted by atomic mass is 9.74. The smallest absolute Gasteiger partial charge is 0.251 e. The Morgan fingerprint density at radius 1 is 1.38 bits per heavy atom. The Labute approximate surface area is 129 Å². The van der Waals surface area contributed by atoms with Crippen molar-refractivity contribution in [3.63, 3.8) is 0 Å². The molecule has 1 N–H and O–H groups in total. The summed E-state index contributed by atoms with van der Waals surface area (Å²) in [5, 5.41) is 3.67. The molecule has 1 aromatic carbocycles. The van der Waals surface area contributed by atoms with Gasteiger partial charge in [-0.1, -0.05) is 31.5 Å². The Morgan fingerprint density at radius 2 is 2.19 bits per heavy atom. The van der Waals surface area contributed by atoms with Crippen molar-refractivity contribution in [1.82, 2.24) is 5.32 Å². The molecular weight excluding hydrogens is 286 g/mol. The molecule has 3 rings (SSSR count). The van der Waals surface area contributed by atoms with Crippen LogP contribution in [-0.2, 0) is 6.42 Å². The molecule has 0 fully saturated rings. The standard InChI is InChI=1S/C17H18ClNO2/c1-17(2)9-14(13-6-7-21-15(13)10-17)19-16(20)11-4-3-5-12(18)8-11/h3-8,14H,9-10H2,1-2H3,(H,19,20). The van der Waals surface area contributed by atoms with Crippen LogP contribution in [0.4, 0.5) is 0 Å². The lowest BCUT2D eigenvalue weighted by Gasteiger charge is -2.34. The third-order valence-corrected chi connectivity index (χ3v) is 4.18. The summed E-state index contributed by atoms with van der Waals surface area (Å²) in [6.45, 7) is 4.38. The predicted octanol–water partition coefficient (Wildman–Crippen LogP) is 4.38. The molecule has 1 amide bonds. The summed E-state index contributed by atoms with van der Waals surface area (Å²) >= 11 is 5.95. The first-order valence-electron chi connectivity index (χ1n) is 7.07. The number of fused-ring (bicyclic) bond motifs is 1. The molecule has 3 nitrogen and oxygen atoms in total. The molecule has 0 bridgehead atoms. The van der Waals surface area contributed by atoms with Crippen molar-refractivity contribution in [3.8, 4) is 0 Å². The summed E-state index contributed by atoms with van der Waals surface area (Å²) in [4.78, 5) is 12.4. The Hall–Kier alpha value is -1.74. The third kappa shape index (κ3) is 2.98. The molecule has 0 radical (unpaired) electrons. The van der Waals surface area contributed by atoms with E-state index in [1.807, 2.05) is 6.07 Å². The summed E-state index contributed by atoms with van der Waals surface area (Å²) in [6, 6.07) is 8.93. The zero-order chi connectivity index (χ0) is 15.0. The largest absolute Gasteiger partial charge is 0.469 e. The van der Waals surface area contributed by atoms with E-state index in [1.54, 1.807) is 30.5 Å². The lowest BCUT2D eigenvalue weighted by molar-refractivity contribution is 0.0917. The quantitative estimate of drug-likeness (QED) is 0.894. The van der Waals surface area contributed by atoms with Gasteiger partial charge in [0.2, 0.25) is 0 Å². The zero-order valence-electron chi connectivity index (χ0n) is 12.2. The van der Waals surface area contributed by atoms with Crippen LogP contribution in [0.15, 0.2) is 41.0 Å². The van der Waals surface area contributed by atoms with E-state index in [-0.39, 0.29) is 17.4 Å². The van der Waals surface area contributed by atoms with Crippen molar-refractivity contribution in [3.05, 3.63) is 58.5 Å². The van der Waals surface area contributed by atoms with Crippen LogP contribution in [0, 0.1) is 5.41 Å². The topological polar surface area (TPSA) is 42.2 Å². The molecule has 110 valence electrons. The van der Waals surface area contributed by atoms with Crippen LogP contribution in [0.5, 0.6) is 0 Å². The Morgan fingerprint density at radius 3 is 2.95 bits per heavy atom. The van der Waals surface area contributed by atoms with Crippen molar-refractivity contribution in [1.29, 1.82) is 0 Å². The molecule has 21 heavy (non-hydrogen) atoms. The number of halogens is 1. The minimum atomic E-state index is -0.104. The van der Waals surface area contributed by atoms with Gasteiger partial charge in [-0.2, -0.15) is 0 Å². The molecule has 1 atom stereocenters. The van der Waals surface area contributed by atoms with Gasteiger partial charge in [0.15, 0.2) is 0 Å². The first-order chi connectivity index (χ1) is 9.94. The fourth-order valence-corrected chi connectivity index (χ4v) is 3.16. The van der Waals surface area contributed by atoms with Crippen LogP contribution in [0.2, 0.25) is 5.02 Å². The Balaban J connectivity index is 1.83. The maximum Gasteiger partial charge on any atom is 0.251 e. The number of carbonyl (C=O) groups is 1. The molecule has 0 aliphatic heterocycles. The molecule has 0 spiro atoms. The van der Waals surface area contributed by atoms with Crippen molar-refractivity contribution < 1.29 is 9.21 Å². The van der Waals surface area contributed by atoms with E-state index in [0.29, 0.717) is 10.6 Å². The summed E-state index contributed by atoms with van der Waals surface area (Å²) < 4.78 is 5.56. The van der Waals surface area contributed by atoms with Crippen LogP contribution >= 0.6 is 11.6 Å². The highest BCUT2D eigenvalue weighted by molar-refractivity contribution is 6.30. The number of furan rings is 1. The summed E-state index contributed by atoms with van der Waals surface area (Å²) in [5.41, 5.74) is 1.78. The second-order valence-corrected chi connectivity index (χ2v) is 6.82. The minimum Gasteiger partial charge on any atom is -0.469 e. The van der Waals surface area contributed by atoms with Crippen LogP contribution < -0.4 is 5.32 Å². The van der Waals surface area contributed by atoms with E-state index < -0.39 is 0 Å². The zero-order valence-corrected chi connectivity index (χ0v) is 12.9. The number of nitrogens with one attached hydrogen (secondary N) is 1. The summed E-state index contributed by atoms with van der Waals surface area (Å²) in [6.07, 6.45) is 3.50. The number of rotatable bonds is 2. The van der Waals surface area contributed by atoms with E-state index in [2.05, 4.69) is 19.2 Å². The average molecular weight is 304 g/mol. The van der Waals surface area contributed by atoms with Gasteiger partial charge in [0.25, 0.3) is 5.91 Å². The maximum atomic E-state index is 12.4. The third-order valence-electron chi connectivity index (χ3n) is 3.94. The van der Waals surface area contributed by atoms with E-state index in [4.69, 9.17) is 16.0 Å². The van der Waals surface area contributed by atoms with E-state index >= 15 is 0 Å². The molecule has 1 aliphatic rings. The number of benzene rings is 1. The van der Waals surface area contributed by atoms with Gasteiger partial charge in [0.1, 0.15) is 5.76 Å². The second kappa shape index (κ2) is 5.23. The monoisotopic (exact) mass is 303 g/mol. The van der Waals surface area contributed by atoms with Crippen LogP contribution in [0.25, 0.3) is 0 Å². The fourth-order valence-electron chi connectivity index (χ4n) is 2.97. The van der Waals surface area contributed by atoms with Gasteiger partial charge in [0.05, 0.1) is 12.3 Å². The molecular formula is C17H18ClNO2. The normalized spacial score (nSPS) is 19.9. The van der Waals surface area contributed by atoms with E-state index in [1.165, 1.54) is 0 Å². The molecule has 0 saturated carbocycles. The molecule has 1 unspecified atom stereocenters. The Kier molecular flexibility index (Phi) is 3.54. The number of amides is 1. The second-order valence-electron chi connectivity index (χ2n) is 6.38.